The van der Waals surface area contributed by atoms with Gasteiger partial charge in [0.2, 0.25) is 0 Å². The summed E-state index contributed by atoms with van der Waals surface area (Å²) in [6.45, 7) is 3.56. The molecule has 0 aliphatic carbocycles. The van der Waals surface area contributed by atoms with Gasteiger partial charge in [0.15, 0.2) is 0 Å². The van der Waals surface area contributed by atoms with Crippen molar-refractivity contribution in [3.8, 4) is 5.75 Å². The van der Waals surface area contributed by atoms with Crippen molar-refractivity contribution in [1.29, 1.82) is 0 Å². The Hall–Kier alpha value is -0.830. The first kappa shape index (κ1) is 10.3. The molecule has 0 spiro atoms. The fourth-order valence-corrected chi connectivity index (χ4v) is 1.59. The first-order chi connectivity index (χ1) is 6.19. The van der Waals surface area contributed by atoms with Crippen LogP contribution in [0, 0.1) is 5.82 Å². The van der Waals surface area contributed by atoms with Crippen molar-refractivity contribution in [2.24, 2.45) is 0 Å². The Morgan fingerprint density at radius 1 is 1.62 bits per heavy atom. The highest BCUT2D eigenvalue weighted by Crippen LogP contribution is 2.28. The number of allylic oxidation sites excluding steroid dienone is 1. The number of hydrogen-bond donors (Lipinski definition) is 0. The predicted molar refractivity (Wildman–Crippen MR) is 54.6 cm³/mol. The van der Waals surface area contributed by atoms with Crippen LogP contribution in [-0.4, -0.2) is 7.11 Å². The molecule has 3 heteroatoms. The first-order valence-corrected chi connectivity index (χ1v) is 4.61. The van der Waals surface area contributed by atoms with Gasteiger partial charge in [-0.2, -0.15) is 0 Å². The molecule has 1 aromatic carbocycles. The number of halogens is 2. The van der Waals surface area contributed by atoms with Gasteiger partial charge in [0.25, 0.3) is 0 Å². The lowest BCUT2D eigenvalue weighted by Gasteiger charge is -2.06. The van der Waals surface area contributed by atoms with Crippen molar-refractivity contribution in [3.05, 3.63) is 40.6 Å². The van der Waals surface area contributed by atoms with Gasteiger partial charge in [-0.1, -0.05) is 6.08 Å². The Balaban J connectivity index is 3.12. The molecule has 0 heterocycles. The number of rotatable bonds is 3. The van der Waals surface area contributed by atoms with Crippen molar-refractivity contribution >= 4 is 15.9 Å². The molecule has 1 rings (SSSR count). The fourth-order valence-electron chi connectivity index (χ4n) is 1.04. The molecular weight excluding hydrogens is 235 g/mol. The highest BCUT2D eigenvalue weighted by atomic mass is 79.9. The minimum atomic E-state index is -0.264. The third kappa shape index (κ3) is 2.31. The molecule has 1 nitrogen and oxygen atoms in total. The number of hydrogen-bond acceptors (Lipinski definition) is 1. The van der Waals surface area contributed by atoms with Crippen molar-refractivity contribution < 1.29 is 9.13 Å². The zero-order valence-electron chi connectivity index (χ0n) is 7.31. The normalized spacial score (nSPS) is 9.77. The molecule has 0 amide bonds. The van der Waals surface area contributed by atoms with Crippen LogP contribution in [0.15, 0.2) is 29.3 Å². The summed E-state index contributed by atoms with van der Waals surface area (Å²) in [6, 6.07) is 3.07. The lowest BCUT2D eigenvalue weighted by molar-refractivity contribution is 0.408. The Morgan fingerprint density at radius 3 is 2.85 bits per heavy atom. The van der Waals surface area contributed by atoms with E-state index in [1.165, 1.54) is 13.2 Å². The molecular formula is C10H10BrFO. The van der Waals surface area contributed by atoms with Gasteiger partial charge in [-0.05, 0) is 34.0 Å². The second kappa shape index (κ2) is 4.42. The van der Waals surface area contributed by atoms with E-state index in [-0.39, 0.29) is 5.82 Å². The summed E-state index contributed by atoms with van der Waals surface area (Å²) in [5, 5.41) is 0. The quantitative estimate of drug-likeness (QED) is 0.742. The van der Waals surface area contributed by atoms with Crippen LogP contribution in [-0.2, 0) is 6.42 Å². The van der Waals surface area contributed by atoms with Crippen LogP contribution in [0.2, 0.25) is 0 Å². The minimum absolute atomic E-state index is 0.264. The Labute approximate surface area is 85.3 Å². The molecule has 0 bridgehead atoms. The van der Waals surface area contributed by atoms with Gasteiger partial charge in [0.1, 0.15) is 11.6 Å². The SMILES string of the molecule is C=CCc1cc(Br)c(OC)cc1F. The summed E-state index contributed by atoms with van der Waals surface area (Å²) >= 11 is 3.29. The average Bonchev–Trinajstić information content (AvgIpc) is 2.11. The van der Waals surface area contributed by atoms with Crippen molar-refractivity contribution in [2.75, 3.05) is 7.11 Å². The van der Waals surface area contributed by atoms with Crippen LogP contribution in [0.25, 0.3) is 0 Å². The van der Waals surface area contributed by atoms with E-state index in [4.69, 9.17) is 4.74 Å². The molecule has 0 fully saturated rings. The van der Waals surface area contributed by atoms with Gasteiger partial charge in [-0.15, -0.1) is 6.58 Å². The zero-order valence-corrected chi connectivity index (χ0v) is 8.90. The smallest absolute Gasteiger partial charge is 0.135 e. The van der Waals surface area contributed by atoms with Crippen LogP contribution in [0.1, 0.15) is 5.56 Å². The molecule has 0 aliphatic heterocycles. The molecule has 1 aromatic rings. The highest BCUT2D eigenvalue weighted by molar-refractivity contribution is 9.10. The summed E-state index contributed by atoms with van der Waals surface area (Å²) < 4.78 is 19.0. The molecule has 0 aromatic heterocycles. The highest BCUT2D eigenvalue weighted by Gasteiger charge is 2.06. The molecule has 0 saturated heterocycles. The average molecular weight is 245 g/mol. The van der Waals surface area contributed by atoms with E-state index in [2.05, 4.69) is 22.5 Å². The van der Waals surface area contributed by atoms with E-state index in [1.54, 1.807) is 12.1 Å². The van der Waals surface area contributed by atoms with Crippen LogP contribution in [0.3, 0.4) is 0 Å². The molecule has 70 valence electrons. The summed E-state index contributed by atoms with van der Waals surface area (Å²) in [7, 11) is 1.51. The third-order valence-electron chi connectivity index (χ3n) is 1.69. The maximum absolute atomic E-state index is 13.3. The van der Waals surface area contributed by atoms with Crippen LogP contribution >= 0.6 is 15.9 Å². The third-order valence-corrected chi connectivity index (χ3v) is 2.30. The molecule has 13 heavy (non-hydrogen) atoms. The Bertz CT molecular complexity index is 323. The van der Waals surface area contributed by atoms with Gasteiger partial charge in [0.05, 0.1) is 11.6 Å². The van der Waals surface area contributed by atoms with Gasteiger partial charge >= 0.3 is 0 Å². The van der Waals surface area contributed by atoms with Gasteiger partial charge in [0, 0.05) is 6.07 Å². The standard InChI is InChI=1S/C10H10BrFO/c1-3-4-7-5-8(11)10(13-2)6-9(7)12/h3,5-6H,1,4H2,2H3. The monoisotopic (exact) mass is 244 g/mol. The van der Waals surface area contributed by atoms with E-state index in [0.717, 1.165) is 4.47 Å². The molecule has 0 radical (unpaired) electrons. The largest absolute Gasteiger partial charge is 0.495 e. The summed E-state index contributed by atoms with van der Waals surface area (Å²) in [5.74, 6) is 0.241. The van der Waals surface area contributed by atoms with Crippen molar-refractivity contribution in [2.45, 2.75) is 6.42 Å². The Kier molecular flexibility index (Phi) is 3.48. The minimum Gasteiger partial charge on any atom is -0.495 e. The number of ether oxygens (including phenoxy) is 1. The van der Waals surface area contributed by atoms with Crippen LogP contribution in [0.4, 0.5) is 4.39 Å². The topological polar surface area (TPSA) is 9.23 Å². The molecule has 0 unspecified atom stereocenters. The predicted octanol–water partition coefficient (Wildman–Crippen LogP) is 3.33. The number of benzene rings is 1. The van der Waals surface area contributed by atoms with E-state index in [9.17, 15) is 4.39 Å². The van der Waals surface area contributed by atoms with Crippen LogP contribution < -0.4 is 4.74 Å². The molecule has 0 N–H and O–H groups in total. The van der Waals surface area contributed by atoms with Gasteiger partial charge < -0.3 is 4.74 Å². The van der Waals surface area contributed by atoms with Gasteiger partial charge in [-0.3, -0.25) is 0 Å². The maximum Gasteiger partial charge on any atom is 0.135 e. The van der Waals surface area contributed by atoms with E-state index in [1.807, 2.05) is 0 Å². The van der Waals surface area contributed by atoms with E-state index < -0.39 is 0 Å². The lowest BCUT2D eigenvalue weighted by Crippen LogP contribution is -1.92. The van der Waals surface area contributed by atoms with Gasteiger partial charge in [-0.25, -0.2) is 4.39 Å². The van der Waals surface area contributed by atoms with E-state index in [0.29, 0.717) is 17.7 Å². The Morgan fingerprint density at radius 2 is 2.31 bits per heavy atom. The number of methoxy groups -OCH3 is 1. The second-order valence-electron chi connectivity index (χ2n) is 2.57. The second-order valence-corrected chi connectivity index (χ2v) is 3.43. The maximum atomic E-state index is 13.3. The molecule has 0 saturated carbocycles. The molecule has 0 aliphatic rings. The first-order valence-electron chi connectivity index (χ1n) is 3.82. The molecule has 0 atom stereocenters. The van der Waals surface area contributed by atoms with E-state index >= 15 is 0 Å². The summed E-state index contributed by atoms with van der Waals surface area (Å²) in [4.78, 5) is 0. The zero-order chi connectivity index (χ0) is 9.84. The summed E-state index contributed by atoms with van der Waals surface area (Å²) in [5.41, 5.74) is 0.614. The van der Waals surface area contributed by atoms with Crippen molar-refractivity contribution in [3.63, 3.8) is 0 Å². The fraction of sp³-hybridized carbons (Fsp3) is 0.200. The van der Waals surface area contributed by atoms with Crippen molar-refractivity contribution in [1.82, 2.24) is 0 Å². The summed E-state index contributed by atoms with van der Waals surface area (Å²) in [6.07, 6.45) is 2.19. The lowest BCUT2D eigenvalue weighted by atomic mass is 10.1. The van der Waals surface area contributed by atoms with Crippen LogP contribution in [0.5, 0.6) is 5.75 Å².